The zero-order chi connectivity index (χ0) is 13.8. The summed E-state index contributed by atoms with van der Waals surface area (Å²) in [4.78, 5) is 0. The topological polar surface area (TPSA) is 12.0 Å². The first-order valence-electron chi connectivity index (χ1n) is 6.00. The van der Waals surface area contributed by atoms with Gasteiger partial charge in [-0.25, -0.2) is 8.78 Å². The van der Waals surface area contributed by atoms with Gasteiger partial charge in [0.05, 0.1) is 5.69 Å². The van der Waals surface area contributed by atoms with E-state index in [0.717, 1.165) is 5.56 Å². The van der Waals surface area contributed by atoms with Crippen molar-refractivity contribution in [1.82, 2.24) is 0 Å². The quantitative estimate of drug-likeness (QED) is 0.853. The minimum Gasteiger partial charge on any atom is -0.380 e. The highest BCUT2D eigenvalue weighted by molar-refractivity contribution is 9.10. The first kappa shape index (κ1) is 14.0. The van der Waals surface area contributed by atoms with Crippen molar-refractivity contribution in [2.45, 2.75) is 19.4 Å². The van der Waals surface area contributed by atoms with Crippen LogP contribution in [-0.2, 0) is 6.42 Å². The van der Waals surface area contributed by atoms with Gasteiger partial charge in [-0.2, -0.15) is 0 Å². The Labute approximate surface area is 119 Å². The highest BCUT2D eigenvalue weighted by atomic mass is 79.9. The number of hydrogen-bond acceptors (Lipinski definition) is 1. The molecule has 0 heterocycles. The highest BCUT2D eigenvalue weighted by Gasteiger charge is 2.07. The number of halogens is 3. The first-order valence-corrected chi connectivity index (χ1v) is 6.80. The van der Waals surface area contributed by atoms with Gasteiger partial charge in [0, 0.05) is 10.5 Å². The van der Waals surface area contributed by atoms with Crippen LogP contribution in [0.25, 0.3) is 0 Å². The lowest BCUT2D eigenvalue weighted by atomic mass is 10.1. The number of rotatable bonds is 4. The monoisotopic (exact) mass is 325 g/mol. The molecule has 0 saturated heterocycles. The van der Waals surface area contributed by atoms with Crippen LogP contribution >= 0.6 is 15.9 Å². The number of hydrogen-bond donors (Lipinski definition) is 1. The van der Waals surface area contributed by atoms with E-state index in [-0.39, 0.29) is 17.7 Å². The summed E-state index contributed by atoms with van der Waals surface area (Å²) in [6.07, 6.45) is 0.704. The zero-order valence-electron chi connectivity index (χ0n) is 10.5. The van der Waals surface area contributed by atoms with Gasteiger partial charge in [-0.15, -0.1) is 0 Å². The molecule has 0 aliphatic carbocycles. The molecule has 1 atom stereocenters. The number of nitrogens with one attached hydrogen (secondary N) is 1. The molecule has 1 nitrogen and oxygen atoms in total. The Bertz CT molecular complexity index is 555. The van der Waals surface area contributed by atoms with Gasteiger partial charge >= 0.3 is 0 Å². The molecular weight excluding hydrogens is 312 g/mol. The Morgan fingerprint density at radius 2 is 1.79 bits per heavy atom. The van der Waals surface area contributed by atoms with E-state index >= 15 is 0 Å². The van der Waals surface area contributed by atoms with Crippen LogP contribution in [0.3, 0.4) is 0 Å². The van der Waals surface area contributed by atoms with Crippen LogP contribution in [0.4, 0.5) is 14.5 Å². The van der Waals surface area contributed by atoms with Gasteiger partial charge in [-0.1, -0.05) is 28.1 Å². The largest absolute Gasteiger partial charge is 0.380 e. The van der Waals surface area contributed by atoms with Gasteiger partial charge < -0.3 is 5.32 Å². The van der Waals surface area contributed by atoms with Gasteiger partial charge in [0.2, 0.25) is 0 Å². The second-order valence-electron chi connectivity index (χ2n) is 4.50. The summed E-state index contributed by atoms with van der Waals surface area (Å²) in [5.41, 5.74) is 1.48. The van der Waals surface area contributed by atoms with Crippen LogP contribution in [0.1, 0.15) is 12.5 Å². The van der Waals surface area contributed by atoms with Crippen LogP contribution in [-0.4, -0.2) is 6.04 Å². The maximum atomic E-state index is 13.7. The van der Waals surface area contributed by atoms with Crippen LogP contribution in [0.15, 0.2) is 46.9 Å². The maximum absolute atomic E-state index is 13.7. The number of benzene rings is 2. The normalized spacial score (nSPS) is 12.2. The maximum Gasteiger partial charge on any atom is 0.147 e. The van der Waals surface area contributed by atoms with Crippen molar-refractivity contribution in [1.29, 1.82) is 0 Å². The third-order valence-corrected chi connectivity index (χ3v) is 3.28. The molecule has 2 aromatic carbocycles. The molecule has 0 spiro atoms. The standard InChI is InChI=1S/C15H14BrF2N/c1-10(8-11-2-5-13(17)6-3-11)19-15-7-4-12(16)9-14(15)18/h2-7,9-10,19H,8H2,1H3. The van der Waals surface area contributed by atoms with Crippen LogP contribution < -0.4 is 5.32 Å². The van der Waals surface area contributed by atoms with Gasteiger partial charge in [0.15, 0.2) is 0 Å². The summed E-state index contributed by atoms with van der Waals surface area (Å²) in [6, 6.07) is 11.3. The minimum absolute atomic E-state index is 0.0566. The highest BCUT2D eigenvalue weighted by Crippen LogP contribution is 2.20. The second-order valence-corrected chi connectivity index (χ2v) is 5.42. The molecule has 0 amide bonds. The third kappa shape index (κ3) is 4.03. The molecule has 2 rings (SSSR count). The lowest BCUT2D eigenvalue weighted by Crippen LogP contribution is -2.18. The van der Waals surface area contributed by atoms with E-state index in [1.165, 1.54) is 18.2 Å². The Kier molecular flexibility index (Phi) is 4.53. The van der Waals surface area contributed by atoms with E-state index in [1.807, 2.05) is 6.92 Å². The van der Waals surface area contributed by atoms with Crippen molar-refractivity contribution >= 4 is 21.6 Å². The summed E-state index contributed by atoms with van der Waals surface area (Å²) in [6.45, 7) is 1.96. The zero-order valence-corrected chi connectivity index (χ0v) is 12.0. The fraction of sp³-hybridized carbons (Fsp3) is 0.200. The second kappa shape index (κ2) is 6.15. The Hall–Kier alpha value is -1.42. The molecule has 0 aliphatic heterocycles. The Morgan fingerprint density at radius 1 is 1.11 bits per heavy atom. The van der Waals surface area contributed by atoms with Gasteiger partial charge in [0.1, 0.15) is 11.6 Å². The smallest absolute Gasteiger partial charge is 0.147 e. The molecule has 0 saturated carbocycles. The summed E-state index contributed by atoms with van der Waals surface area (Å²) < 4.78 is 27.2. The molecule has 100 valence electrons. The third-order valence-electron chi connectivity index (χ3n) is 2.79. The van der Waals surface area contributed by atoms with Crippen molar-refractivity contribution in [3.8, 4) is 0 Å². The molecule has 1 unspecified atom stereocenters. The van der Waals surface area contributed by atoms with E-state index in [2.05, 4.69) is 21.2 Å². The van der Waals surface area contributed by atoms with Crippen molar-refractivity contribution in [3.05, 3.63) is 64.1 Å². The van der Waals surface area contributed by atoms with Crippen LogP contribution in [0.5, 0.6) is 0 Å². The van der Waals surface area contributed by atoms with E-state index < -0.39 is 0 Å². The number of anilines is 1. The first-order chi connectivity index (χ1) is 9.04. The van der Waals surface area contributed by atoms with Crippen molar-refractivity contribution < 1.29 is 8.78 Å². The Balaban J connectivity index is 2.01. The van der Waals surface area contributed by atoms with Crippen molar-refractivity contribution in [2.24, 2.45) is 0 Å². The predicted octanol–water partition coefficient (Wildman–Crippen LogP) is 4.77. The van der Waals surface area contributed by atoms with E-state index in [4.69, 9.17) is 0 Å². The molecule has 4 heteroatoms. The van der Waals surface area contributed by atoms with Gasteiger partial charge in [0.25, 0.3) is 0 Å². The molecule has 19 heavy (non-hydrogen) atoms. The predicted molar refractivity (Wildman–Crippen MR) is 77.3 cm³/mol. The summed E-state index contributed by atoms with van der Waals surface area (Å²) in [5.74, 6) is -0.538. The summed E-state index contributed by atoms with van der Waals surface area (Å²) >= 11 is 3.22. The Morgan fingerprint density at radius 3 is 2.42 bits per heavy atom. The molecule has 2 aromatic rings. The average Bonchev–Trinajstić information content (AvgIpc) is 2.36. The lowest BCUT2D eigenvalue weighted by molar-refractivity contribution is 0.623. The van der Waals surface area contributed by atoms with E-state index in [1.54, 1.807) is 24.3 Å². The fourth-order valence-corrected chi connectivity index (χ4v) is 2.23. The SMILES string of the molecule is CC(Cc1ccc(F)cc1)Nc1ccc(Br)cc1F. The molecular formula is C15H14BrF2N. The molecule has 0 bridgehead atoms. The lowest BCUT2D eigenvalue weighted by Gasteiger charge is -2.16. The van der Waals surface area contributed by atoms with Gasteiger partial charge in [-0.05, 0) is 49.2 Å². The van der Waals surface area contributed by atoms with Crippen LogP contribution in [0.2, 0.25) is 0 Å². The molecule has 0 aromatic heterocycles. The average molecular weight is 326 g/mol. The van der Waals surface area contributed by atoms with Crippen molar-refractivity contribution in [3.63, 3.8) is 0 Å². The minimum atomic E-state index is -0.291. The fourth-order valence-electron chi connectivity index (χ4n) is 1.90. The summed E-state index contributed by atoms with van der Waals surface area (Å²) in [7, 11) is 0. The van der Waals surface area contributed by atoms with E-state index in [9.17, 15) is 8.78 Å². The molecule has 0 fully saturated rings. The molecule has 0 radical (unpaired) electrons. The molecule has 0 aliphatic rings. The molecule has 1 N–H and O–H groups in total. The van der Waals surface area contributed by atoms with Crippen molar-refractivity contribution in [2.75, 3.05) is 5.32 Å². The van der Waals surface area contributed by atoms with Crippen LogP contribution in [0, 0.1) is 11.6 Å². The van der Waals surface area contributed by atoms with Gasteiger partial charge in [-0.3, -0.25) is 0 Å². The van der Waals surface area contributed by atoms with E-state index in [0.29, 0.717) is 16.6 Å². The summed E-state index contributed by atoms with van der Waals surface area (Å²) in [5, 5.41) is 3.11.